The summed E-state index contributed by atoms with van der Waals surface area (Å²) in [6.45, 7) is 6.10. The van der Waals surface area contributed by atoms with Gasteiger partial charge in [0.25, 0.3) is 0 Å². The number of aliphatic hydroxyl groups excluding tert-OH is 1. The average Bonchev–Trinajstić information content (AvgIpc) is 4.29. The summed E-state index contributed by atoms with van der Waals surface area (Å²) in [4.78, 5) is 55.7. The highest BCUT2D eigenvalue weighted by molar-refractivity contribution is 7.90. The number of pyridine rings is 1. The Balaban J connectivity index is 0.732. The second-order valence-corrected chi connectivity index (χ2v) is 21.1. The first-order valence-electron chi connectivity index (χ1n) is 24.6. The molecular formula is C53H55F3N8O10S2. The Bertz CT molecular complexity index is 3320. The lowest BCUT2D eigenvalue weighted by Crippen LogP contribution is -2.48. The van der Waals surface area contributed by atoms with E-state index in [0.717, 1.165) is 38.1 Å². The maximum atomic E-state index is 15.7. The second-order valence-electron chi connectivity index (χ2n) is 18.6. The van der Waals surface area contributed by atoms with E-state index in [-0.39, 0.29) is 99.8 Å². The van der Waals surface area contributed by atoms with Crippen molar-refractivity contribution in [3.05, 3.63) is 136 Å². The number of nitrogens with zero attached hydrogens (tertiary/aromatic N) is 5. The third kappa shape index (κ3) is 12.1. The van der Waals surface area contributed by atoms with Crippen LogP contribution in [0.25, 0.3) is 32.6 Å². The number of carbonyl (C=O) groups is 3. The van der Waals surface area contributed by atoms with Gasteiger partial charge in [0.05, 0.1) is 65.0 Å². The van der Waals surface area contributed by atoms with E-state index >= 15 is 8.78 Å². The van der Waals surface area contributed by atoms with Crippen molar-refractivity contribution in [1.29, 1.82) is 0 Å². The SMILES string of the molecule is Cc1cc([C@H](CCOCCOCCOc2ccc(-c3cnc4[nH]cc(C(=O)c5c(F)ccc(NS(=O)(=O)N6CC[C@@H](F)C6)c5F)c4c3)cc2)C(=O)N2C[C@H](O)C[C@H]2C(=O)N[C@@H](C)c2ccc(-c3scnc3C)cc2)on1. The van der Waals surface area contributed by atoms with Gasteiger partial charge in [0.15, 0.2) is 5.82 Å². The number of rotatable bonds is 22. The molecule has 2 fully saturated rings. The van der Waals surface area contributed by atoms with Gasteiger partial charge in [-0.2, -0.15) is 12.7 Å². The van der Waals surface area contributed by atoms with Crippen molar-refractivity contribution in [2.75, 3.05) is 57.4 Å². The zero-order valence-corrected chi connectivity index (χ0v) is 43.3. The van der Waals surface area contributed by atoms with Crippen LogP contribution in [-0.4, -0.2) is 131 Å². The molecule has 2 aliphatic heterocycles. The fourth-order valence-corrected chi connectivity index (χ4v) is 11.3. The number of halogens is 3. The molecule has 3 aromatic carbocycles. The molecule has 5 atom stereocenters. The molecule has 2 saturated heterocycles. The fraction of sp³-hybridized carbons (Fsp3) is 0.358. The van der Waals surface area contributed by atoms with E-state index in [0.29, 0.717) is 28.3 Å². The Kier molecular flexibility index (Phi) is 16.6. The van der Waals surface area contributed by atoms with Crippen LogP contribution >= 0.6 is 11.3 Å². The molecule has 2 aliphatic rings. The van der Waals surface area contributed by atoms with Crippen LogP contribution in [0.3, 0.4) is 0 Å². The largest absolute Gasteiger partial charge is 0.491 e. The number of aryl methyl sites for hydroxylation is 2. The molecule has 0 aliphatic carbocycles. The Morgan fingerprint density at radius 3 is 2.37 bits per heavy atom. The number of nitrogens with one attached hydrogen (secondary N) is 3. The van der Waals surface area contributed by atoms with Crippen molar-refractivity contribution in [2.24, 2.45) is 0 Å². The molecular weight excluding hydrogens is 1030 g/mol. The minimum Gasteiger partial charge on any atom is -0.491 e. The standard InChI is InChI=1S/C53H55F3N8O10S2/c1-30-22-46(74-61-30)40(53(68)64-28-38(65)24-45(64)52(67)60-31(2)33-4-6-35(7-5-33)50-32(3)59-29-75-50)15-17-71-18-19-72-20-21-73-39-10-8-34(9-11-39)36-23-41-42(26-58-51(41)57-25-36)49(66)47-43(55)12-13-44(48(47)56)62-76(69,70)63-16-14-37(54)27-63/h4-13,22-23,25-26,29,31,37-38,40,45,62,65H,14-21,24,27-28H2,1-3H3,(H,57,58)(H,60,67)/t31-,37+,38+,40-,45-/m0/s1. The van der Waals surface area contributed by atoms with Crippen molar-refractivity contribution < 1.29 is 59.8 Å². The Labute approximate surface area is 439 Å². The number of hydrogen-bond acceptors (Lipinski definition) is 14. The van der Waals surface area contributed by atoms with Crippen LogP contribution in [0.4, 0.5) is 18.9 Å². The molecule has 6 heterocycles. The molecule has 4 aromatic heterocycles. The van der Waals surface area contributed by atoms with Gasteiger partial charge in [0.1, 0.15) is 47.7 Å². The number of ether oxygens (including phenoxy) is 3. The molecule has 0 radical (unpaired) electrons. The number of H-pyrrole nitrogens is 1. The van der Waals surface area contributed by atoms with Crippen LogP contribution in [0, 0.1) is 25.5 Å². The molecule has 7 aromatic rings. The maximum absolute atomic E-state index is 15.7. The second kappa shape index (κ2) is 23.5. The molecule has 2 amide bonds. The molecule has 0 bridgehead atoms. The van der Waals surface area contributed by atoms with E-state index in [4.69, 9.17) is 18.7 Å². The summed E-state index contributed by atoms with van der Waals surface area (Å²) in [6.07, 6.45) is 0.868. The number of aromatic amines is 1. The number of amides is 2. The number of hydrogen-bond donors (Lipinski definition) is 4. The first kappa shape index (κ1) is 53.8. The van der Waals surface area contributed by atoms with Crippen LogP contribution in [0.1, 0.15) is 76.8 Å². The number of anilines is 1. The van der Waals surface area contributed by atoms with Gasteiger partial charge in [-0.25, -0.2) is 23.1 Å². The van der Waals surface area contributed by atoms with Crippen molar-refractivity contribution in [2.45, 2.75) is 70.3 Å². The molecule has 0 saturated carbocycles. The monoisotopic (exact) mass is 1080 g/mol. The van der Waals surface area contributed by atoms with E-state index in [1.807, 2.05) is 42.8 Å². The number of aromatic nitrogens is 4. The first-order chi connectivity index (χ1) is 36.5. The molecule has 400 valence electrons. The van der Waals surface area contributed by atoms with E-state index in [9.17, 15) is 32.3 Å². The number of β-amino-alcohol motifs (C(OH)–C–C–N with tert-alkyl or cyclic N) is 1. The van der Waals surface area contributed by atoms with Crippen LogP contribution < -0.4 is 14.8 Å². The third-order valence-electron chi connectivity index (χ3n) is 13.3. The highest BCUT2D eigenvalue weighted by Gasteiger charge is 2.43. The van der Waals surface area contributed by atoms with Gasteiger partial charge >= 0.3 is 10.2 Å². The van der Waals surface area contributed by atoms with Crippen molar-refractivity contribution in [3.8, 4) is 27.3 Å². The summed E-state index contributed by atoms with van der Waals surface area (Å²) in [6, 6.07) is 18.6. The quantitative estimate of drug-likeness (QED) is 0.0379. The Morgan fingerprint density at radius 1 is 0.934 bits per heavy atom. The molecule has 18 nitrogen and oxygen atoms in total. The van der Waals surface area contributed by atoms with Gasteiger partial charge in [-0.3, -0.25) is 19.1 Å². The molecule has 76 heavy (non-hydrogen) atoms. The minimum absolute atomic E-state index is 0.0132. The smallest absolute Gasteiger partial charge is 0.301 e. The Morgan fingerprint density at radius 2 is 1.67 bits per heavy atom. The van der Waals surface area contributed by atoms with E-state index in [1.165, 1.54) is 11.1 Å². The molecule has 4 N–H and O–H groups in total. The maximum Gasteiger partial charge on any atom is 0.301 e. The van der Waals surface area contributed by atoms with E-state index in [2.05, 4.69) is 25.4 Å². The number of carbonyl (C=O) groups excluding carboxylic acids is 3. The summed E-state index contributed by atoms with van der Waals surface area (Å²) >= 11 is 1.56. The summed E-state index contributed by atoms with van der Waals surface area (Å²) in [5.41, 5.74) is 5.07. The predicted octanol–water partition coefficient (Wildman–Crippen LogP) is 7.59. The number of ketones is 1. The average molecular weight is 1090 g/mol. The normalized spacial score (nSPS) is 17.8. The predicted molar refractivity (Wildman–Crippen MR) is 276 cm³/mol. The zero-order chi connectivity index (χ0) is 53.7. The number of aliphatic hydroxyl groups is 1. The zero-order valence-electron chi connectivity index (χ0n) is 41.6. The lowest BCUT2D eigenvalue weighted by atomic mass is 9.99. The number of likely N-dealkylation sites (tertiary alicyclic amines) is 1. The van der Waals surface area contributed by atoms with Crippen LogP contribution in [-0.2, 0) is 29.3 Å². The Hall–Kier alpha value is -7.02. The number of thiazole rings is 1. The van der Waals surface area contributed by atoms with Crippen molar-refractivity contribution in [3.63, 3.8) is 0 Å². The van der Waals surface area contributed by atoms with Gasteiger partial charge in [0, 0.05) is 67.6 Å². The van der Waals surface area contributed by atoms with Crippen LogP contribution in [0.15, 0.2) is 95.2 Å². The molecule has 0 unspecified atom stereocenters. The van der Waals surface area contributed by atoms with E-state index < -0.39 is 69.7 Å². The lowest BCUT2D eigenvalue weighted by Gasteiger charge is -2.28. The third-order valence-corrected chi connectivity index (χ3v) is 15.8. The van der Waals surface area contributed by atoms with Gasteiger partial charge in [-0.15, -0.1) is 11.3 Å². The van der Waals surface area contributed by atoms with Gasteiger partial charge < -0.3 is 39.0 Å². The van der Waals surface area contributed by atoms with Crippen LogP contribution in [0.5, 0.6) is 5.75 Å². The highest BCUT2D eigenvalue weighted by atomic mass is 32.2. The molecule has 9 rings (SSSR count). The highest BCUT2D eigenvalue weighted by Crippen LogP contribution is 2.33. The number of benzene rings is 3. The summed E-state index contributed by atoms with van der Waals surface area (Å²) in [7, 11) is -4.38. The molecule has 0 spiro atoms. The fourth-order valence-electron chi connectivity index (χ4n) is 9.25. The topological polar surface area (TPSA) is 231 Å². The van der Waals surface area contributed by atoms with E-state index in [1.54, 1.807) is 66.4 Å². The van der Waals surface area contributed by atoms with Gasteiger partial charge in [-0.05, 0) is 80.6 Å². The van der Waals surface area contributed by atoms with Gasteiger partial charge in [-0.1, -0.05) is 41.6 Å². The van der Waals surface area contributed by atoms with Gasteiger partial charge in [0.2, 0.25) is 17.6 Å². The lowest BCUT2D eigenvalue weighted by molar-refractivity contribution is -0.140. The summed E-state index contributed by atoms with van der Waals surface area (Å²) in [5.74, 6) is -4.38. The first-order valence-corrected chi connectivity index (χ1v) is 26.9. The number of alkyl halides is 1. The minimum atomic E-state index is -4.38. The van der Waals surface area contributed by atoms with Crippen molar-refractivity contribution >= 4 is 55.9 Å². The number of fused-ring (bicyclic) bond motifs is 1. The van der Waals surface area contributed by atoms with Crippen LogP contribution in [0.2, 0.25) is 0 Å². The van der Waals surface area contributed by atoms with Crippen molar-refractivity contribution in [1.82, 2.24) is 34.6 Å². The summed E-state index contributed by atoms with van der Waals surface area (Å²) < 4.78 is 96.0. The molecule has 23 heteroatoms. The summed E-state index contributed by atoms with van der Waals surface area (Å²) in [5, 5.41) is 18.0.